The molecule has 84 valence electrons. The van der Waals surface area contributed by atoms with E-state index in [-0.39, 0.29) is 0 Å². The van der Waals surface area contributed by atoms with Gasteiger partial charge in [0.1, 0.15) is 4.88 Å². The van der Waals surface area contributed by atoms with Gasteiger partial charge < -0.3 is 10.0 Å². The van der Waals surface area contributed by atoms with Crippen molar-refractivity contribution >= 4 is 29.1 Å². The highest BCUT2D eigenvalue weighted by Gasteiger charge is 2.13. The van der Waals surface area contributed by atoms with Crippen LogP contribution in [0.1, 0.15) is 15.4 Å². The molecule has 0 aliphatic carbocycles. The van der Waals surface area contributed by atoms with Gasteiger partial charge in [0.15, 0.2) is 4.34 Å². The maximum Gasteiger partial charge on any atom is 0.347 e. The van der Waals surface area contributed by atoms with Crippen LogP contribution in [0, 0.1) is 6.92 Å². The van der Waals surface area contributed by atoms with Crippen LogP contribution in [0.25, 0.3) is 0 Å². The molecule has 0 amide bonds. The Bertz CT molecular complexity index is 350. The Morgan fingerprint density at radius 3 is 2.73 bits per heavy atom. The van der Waals surface area contributed by atoms with E-state index < -0.39 is 5.97 Å². The average molecular weight is 246 g/mol. The van der Waals surface area contributed by atoms with Crippen LogP contribution in [-0.4, -0.2) is 47.4 Å². The van der Waals surface area contributed by atoms with Crippen molar-refractivity contribution in [2.45, 2.75) is 11.3 Å². The first-order chi connectivity index (χ1) is 7.00. The van der Waals surface area contributed by atoms with Crippen molar-refractivity contribution in [1.29, 1.82) is 0 Å². The van der Waals surface area contributed by atoms with Crippen molar-refractivity contribution in [1.82, 2.24) is 9.88 Å². The molecular formula is C9H14N2O2S2. The highest BCUT2D eigenvalue weighted by molar-refractivity contribution is 8.01. The van der Waals surface area contributed by atoms with Gasteiger partial charge in [0, 0.05) is 12.3 Å². The SMILES string of the molecule is Cc1nc(SCCN(C)C)sc1C(=O)O. The smallest absolute Gasteiger partial charge is 0.347 e. The van der Waals surface area contributed by atoms with Gasteiger partial charge in [-0.1, -0.05) is 11.8 Å². The first kappa shape index (κ1) is 12.5. The molecule has 0 radical (unpaired) electrons. The van der Waals surface area contributed by atoms with Gasteiger partial charge in [-0.2, -0.15) is 0 Å². The van der Waals surface area contributed by atoms with Crippen molar-refractivity contribution in [2.75, 3.05) is 26.4 Å². The molecule has 1 N–H and O–H groups in total. The van der Waals surface area contributed by atoms with Crippen molar-refractivity contribution in [3.8, 4) is 0 Å². The van der Waals surface area contributed by atoms with E-state index >= 15 is 0 Å². The maximum atomic E-state index is 10.8. The summed E-state index contributed by atoms with van der Waals surface area (Å²) < 4.78 is 0.840. The fourth-order valence-electron chi connectivity index (χ4n) is 0.947. The number of thiazole rings is 1. The van der Waals surface area contributed by atoms with Crippen molar-refractivity contribution in [2.24, 2.45) is 0 Å². The number of hydrogen-bond acceptors (Lipinski definition) is 5. The molecule has 1 heterocycles. The van der Waals surface area contributed by atoms with Crippen molar-refractivity contribution in [3.63, 3.8) is 0 Å². The van der Waals surface area contributed by atoms with E-state index in [4.69, 9.17) is 5.11 Å². The molecule has 1 rings (SSSR count). The highest BCUT2D eigenvalue weighted by Crippen LogP contribution is 2.26. The molecule has 0 aliphatic heterocycles. The lowest BCUT2D eigenvalue weighted by molar-refractivity contribution is 0.0701. The topological polar surface area (TPSA) is 53.4 Å². The first-order valence-electron chi connectivity index (χ1n) is 4.49. The molecule has 1 aromatic rings. The molecular weight excluding hydrogens is 232 g/mol. The first-order valence-corrected chi connectivity index (χ1v) is 6.29. The number of aromatic nitrogens is 1. The zero-order valence-corrected chi connectivity index (χ0v) is 10.6. The predicted octanol–water partition coefficient (Wildman–Crippen LogP) is 1.80. The Balaban J connectivity index is 2.56. The van der Waals surface area contributed by atoms with Gasteiger partial charge in [-0.3, -0.25) is 0 Å². The lowest BCUT2D eigenvalue weighted by Crippen LogP contribution is -2.14. The molecule has 1 aromatic heterocycles. The van der Waals surface area contributed by atoms with Gasteiger partial charge in [-0.25, -0.2) is 9.78 Å². The Labute approximate surface area is 97.3 Å². The second-order valence-corrected chi connectivity index (χ2v) is 5.69. The van der Waals surface area contributed by atoms with Gasteiger partial charge in [0.2, 0.25) is 0 Å². The Hall–Kier alpha value is -0.590. The minimum atomic E-state index is -0.885. The Morgan fingerprint density at radius 1 is 1.60 bits per heavy atom. The lowest BCUT2D eigenvalue weighted by Gasteiger charge is -2.06. The summed E-state index contributed by atoms with van der Waals surface area (Å²) in [6.45, 7) is 2.70. The minimum Gasteiger partial charge on any atom is -0.477 e. The number of aryl methyl sites for hydroxylation is 1. The summed E-state index contributed by atoms with van der Waals surface area (Å²) >= 11 is 2.86. The van der Waals surface area contributed by atoms with Crippen LogP contribution in [-0.2, 0) is 0 Å². The standard InChI is InChI=1S/C9H14N2O2S2/c1-6-7(8(12)13)15-9(10-6)14-5-4-11(2)3/h4-5H2,1-3H3,(H,12,13). The number of carbonyl (C=O) groups is 1. The van der Waals surface area contributed by atoms with Crippen LogP contribution in [0.2, 0.25) is 0 Å². The van der Waals surface area contributed by atoms with Crippen molar-refractivity contribution < 1.29 is 9.90 Å². The molecule has 0 bridgehead atoms. The summed E-state index contributed by atoms with van der Waals surface area (Å²) in [6.07, 6.45) is 0. The Morgan fingerprint density at radius 2 is 2.27 bits per heavy atom. The second kappa shape index (κ2) is 5.48. The molecule has 0 atom stereocenters. The minimum absolute atomic E-state index is 0.349. The van der Waals surface area contributed by atoms with E-state index in [1.807, 2.05) is 14.1 Å². The number of carboxylic acids is 1. The van der Waals surface area contributed by atoms with Gasteiger partial charge in [0.25, 0.3) is 0 Å². The zero-order valence-electron chi connectivity index (χ0n) is 8.98. The second-order valence-electron chi connectivity index (χ2n) is 3.35. The molecule has 0 fully saturated rings. The Kier molecular flexibility index (Phi) is 4.56. The third-order valence-electron chi connectivity index (χ3n) is 1.74. The average Bonchev–Trinajstić information content (AvgIpc) is 2.46. The highest BCUT2D eigenvalue weighted by atomic mass is 32.2. The van der Waals surface area contributed by atoms with E-state index in [0.717, 1.165) is 16.6 Å². The van der Waals surface area contributed by atoms with Crippen LogP contribution >= 0.6 is 23.1 Å². The summed E-state index contributed by atoms with van der Waals surface area (Å²) in [6, 6.07) is 0. The van der Waals surface area contributed by atoms with Gasteiger partial charge in [0.05, 0.1) is 5.69 Å². The fraction of sp³-hybridized carbons (Fsp3) is 0.556. The molecule has 0 aromatic carbocycles. The van der Waals surface area contributed by atoms with E-state index in [1.165, 1.54) is 11.3 Å². The lowest BCUT2D eigenvalue weighted by atomic mass is 10.4. The monoisotopic (exact) mass is 246 g/mol. The fourth-order valence-corrected chi connectivity index (χ4v) is 3.15. The van der Waals surface area contributed by atoms with E-state index in [2.05, 4.69) is 9.88 Å². The molecule has 0 saturated carbocycles. The van der Waals surface area contributed by atoms with Gasteiger partial charge in [-0.15, -0.1) is 11.3 Å². The molecule has 15 heavy (non-hydrogen) atoms. The number of aromatic carboxylic acids is 1. The number of rotatable bonds is 5. The maximum absolute atomic E-state index is 10.8. The zero-order chi connectivity index (χ0) is 11.4. The molecule has 6 heteroatoms. The molecule has 4 nitrogen and oxygen atoms in total. The third-order valence-corrected chi connectivity index (χ3v) is 4.00. The molecule has 0 saturated heterocycles. The number of hydrogen-bond donors (Lipinski definition) is 1. The summed E-state index contributed by atoms with van der Waals surface area (Å²) in [5, 5.41) is 8.85. The van der Waals surface area contributed by atoms with Crippen LogP contribution < -0.4 is 0 Å². The van der Waals surface area contributed by atoms with E-state index in [0.29, 0.717) is 10.6 Å². The van der Waals surface area contributed by atoms with E-state index in [9.17, 15) is 4.79 Å². The van der Waals surface area contributed by atoms with Gasteiger partial charge >= 0.3 is 5.97 Å². The number of carboxylic acid groups (broad SMARTS) is 1. The normalized spacial score (nSPS) is 10.9. The van der Waals surface area contributed by atoms with Crippen LogP contribution in [0.5, 0.6) is 0 Å². The largest absolute Gasteiger partial charge is 0.477 e. The summed E-state index contributed by atoms with van der Waals surface area (Å²) in [5.41, 5.74) is 0.611. The molecule has 0 aliphatic rings. The summed E-state index contributed by atoms with van der Waals surface area (Å²) in [5.74, 6) is 0.0448. The number of thioether (sulfide) groups is 1. The van der Waals surface area contributed by atoms with Crippen LogP contribution in [0.15, 0.2) is 4.34 Å². The summed E-state index contributed by atoms with van der Waals surface area (Å²) in [4.78, 5) is 17.4. The third kappa shape index (κ3) is 3.81. The summed E-state index contributed by atoms with van der Waals surface area (Å²) in [7, 11) is 4.02. The van der Waals surface area contributed by atoms with Crippen LogP contribution in [0.3, 0.4) is 0 Å². The predicted molar refractivity (Wildman–Crippen MR) is 63.1 cm³/mol. The van der Waals surface area contributed by atoms with E-state index in [1.54, 1.807) is 18.7 Å². The quantitative estimate of drug-likeness (QED) is 0.803. The number of nitrogens with zero attached hydrogens (tertiary/aromatic N) is 2. The van der Waals surface area contributed by atoms with Crippen LogP contribution in [0.4, 0.5) is 0 Å². The molecule has 0 unspecified atom stereocenters. The van der Waals surface area contributed by atoms with Crippen molar-refractivity contribution in [3.05, 3.63) is 10.6 Å². The van der Waals surface area contributed by atoms with Gasteiger partial charge in [-0.05, 0) is 21.0 Å². The molecule has 0 spiro atoms.